The summed E-state index contributed by atoms with van der Waals surface area (Å²) in [4.78, 5) is 102. The number of aliphatic hydroxyl groups is 1. The Balaban J connectivity index is 0.000000231. The van der Waals surface area contributed by atoms with Crippen LogP contribution in [-0.4, -0.2) is 149 Å². The minimum absolute atomic E-state index is 0.00809. The van der Waals surface area contributed by atoms with Crippen LogP contribution < -0.4 is 0 Å². The summed E-state index contributed by atoms with van der Waals surface area (Å²) in [5.74, 6) is -2.51. The molecule has 6 rings (SSSR count). The fourth-order valence-corrected chi connectivity index (χ4v) is 5.90. The van der Waals surface area contributed by atoms with Gasteiger partial charge >= 0.3 is 24.4 Å². The number of fused-ring (bicyclic) bond motifs is 2. The number of carbonyl (C=O) groups excluding carboxylic acids is 8. The van der Waals surface area contributed by atoms with E-state index in [1.54, 1.807) is 107 Å². The predicted octanol–water partition coefficient (Wildman–Crippen LogP) is 5.41. The molecular formula is C42H56N6O15. The Morgan fingerprint density at radius 2 is 0.730 bits per heavy atom. The van der Waals surface area contributed by atoms with E-state index in [0.29, 0.717) is 5.06 Å². The van der Waals surface area contributed by atoms with Crippen molar-refractivity contribution >= 4 is 48.0 Å². The minimum atomic E-state index is -0.845. The van der Waals surface area contributed by atoms with Crippen LogP contribution in [0, 0.1) is 0 Å². The highest BCUT2D eigenvalue weighted by molar-refractivity contribution is 6.21. The van der Waals surface area contributed by atoms with E-state index in [1.807, 2.05) is 0 Å². The molecule has 344 valence electrons. The van der Waals surface area contributed by atoms with Gasteiger partial charge in [-0.2, -0.15) is 0 Å². The van der Waals surface area contributed by atoms with Gasteiger partial charge in [0, 0.05) is 0 Å². The quantitative estimate of drug-likeness (QED) is 0.218. The lowest BCUT2D eigenvalue weighted by Gasteiger charge is -2.31. The number of carbonyl (C=O) groups is 8. The molecule has 2 aromatic carbocycles. The molecule has 0 unspecified atom stereocenters. The second kappa shape index (κ2) is 18.6. The highest BCUT2D eigenvalue weighted by atomic mass is 16.7. The fourth-order valence-electron chi connectivity index (χ4n) is 5.90. The van der Waals surface area contributed by atoms with Crippen molar-refractivity contribution in [3.05, 3.63) is 70.8 Å². The van der Waals surface area contributed by atoms with Crippen molar-refractivity contribution < 1.29 is 72.5 Å². The molecular weight excluding hydrogens is 828 g/mol. The first-order valence-corrected chi connectivity index (χ1v) is 19.9. The Morgan fingerprint density at radius 3 is 1.00 bits per heavy atom. The van der Waals surface area contributed by atoms with Gasteiger partial charge in [0.1, 0.15) is 28.5 Å². The molecule has 2 N–H and O–H groups in total. The SMILES string of the molecule is CC(C)(C)OC(=O)N1CC(O)CN1C(=O)OC(C)(C)C.CC(C)(C)OC(=O)N1CC(ON2C(=O)c3ccccc3C2=O)CN1C(=O)OC(C)(C)C.O=C1c2ccccc2C(=O)N1O. The summed E-state index contributed by atoms with van der Waals surface area (Å²) < 4.78 is 21.2. The van der Waals surface area contributed by atoms with Gasteiger partial charge in [-0.1, -0.05) is 24.3 Å². The zero-order chi connectivity index (χ0) is 47.6. The number of benzene rings is 2. The molecule has 0 atom stereocenters. The maximum atomic E-state index is 12.7. The van der Waals surface area contributed by atoms with Crippen LogP contribution in [0.25, 0.3) is 0 Å². The molecule has 0 aromatic heterocycles. The van der Waals surface area contributed by atoms with Crippen molar-refractivity contribution in [1.29, 1.82) is 0 Å². The molecule has 2 aromatic rings. The molecule has 21 heteroatoms. The van der Waals surface area contributed by atoms with Gasteiger partial charge in [-0.3, -0.25) is 29.2 Å². The molecule has 2 fully saturated rings. The number of amides is 8. The molecule has 4 aliphatic heterocycles. The Kier molecular flexibility index (Phi) is 14.5. The molecule has 0 aliphatic carbocycles. The first kappa shape index (κ1) is 49.3. The molecule has 4 heterocycles. The third kappa shape index (κ3) is 12.9. The van der Waals surface area contributed by atoms with Crippen LogP contribution in [0.5, 0.6) is 0 Å². The number of hydroxylamine groups is 4. The number of hydrogen-bond donors (Lipinski definition) is 2. The lowest BCUT2D eigenvalue weighted by Crippen LogP contribution is -2.48. The number of nitrogens with zero attached hydrogens (tertiary/aromatic N) is 6. The normalized spacial score (nSPS) is 16.9. The number of hydrazine groups is 2. The van der Waals surface area contributed by atoms with E-state index < -0.39 is 82.6 Å². The smallest absolute Gasteiger partial charge is 0.429 e. The maximum absolute atomic E-state index is 12.7. The highest BCUT2D eigenvalue weighted by Crippen LogP contribution is 2.28. The van der Waals surface area contributed by atoms with Gasteiger partial charge in [-0.15, -0.1) is 10.1 Å². The monoisotopic (exact) mass is 884 g/mol. The van der Waals surface area contributed by atoms with Gasteiger partial charge in [-0.25, -0.2) is 39.2 Å². The van der Waals surface area contributed by atoms with Crippen molar-refractivity contribution in [2.75, 3.05) is 26.2 Å². The van der Waals surface area contributed by atoms with E-state index in [9.17, 15) is 43.5 Å². The molecule has 63 heavy (non-hydrogen) atoms. The first-order chi connectivity index (χ1) is 28.9. The number of rotatable bonds is 2. The van der Waals surface area contributed by atoms with Gasteiger partial charge in [-0.05, 0) is 107 Å². The van der Waals surface area contributed by atoms with E-state index >= 15 is 0 Å². The molecule has 0 saturated carbocycles. The van der Waals surface area contributed by atoms with Crippen LogP contribution in [0.4, 0.5) is 19.2 Å². The van der Waals surface area contributed by atoms with Crippen LogP contribution in [0.15, 0.2) is 48.5 Å². The van der Waals surface area contributed by atoms with E-state index in [4.69, 9.17) is 29.0 Å². The van der Waals surface area contributed by atoms with Crippen LogP contribution in [0.3, 0.4) is 0 Å². The Morgan fingerprint density at radius 1 is 0.476 bits per heavy atom. The maximum Gasteiger partial charge on any atom is 0.429 e. The lowest BCUT2D eigenvalue weighted by molar-refractivity contribution is -0.124. The van der Waals surface area contributed by atoms with Gasteiger partial charge in [0.15, 0.2) is 0 Å². The Hall–Kier alpha value is -6.32. The van der Waals surface area contributed by atoms with Crippen molar-refractivity contribution in [2.24, 2.45) is 0 Å². The number of aliphatic hydroxyl groups excluding tert-OH is 1. The molecule has 0 bridgehead atoms. The van der Waals surface area contributed by atoms with Crippen LogP contribution in [0.2, 0.25) is 0 Å². The minimum Gasteiger partial charge on any atom is -0.442 e. The topological polar surface area (TPSA) is 243 Å². The number of ether oxygens (including phenoxy) is 4. The fraction of sp³-hybridized carbons (Fsp3) is 0.524. The molecule has 8 amide bonds. The van der Waals surface area contributed by atoms with E-state index in [0.717, 1.165) is 20.0 Å². The first-order valence-electron chi connectivity index (χ1n) is 19.9. The van der Waals surface area contributed by atoms with E-state index in [-0.39, 0.29) is 53.5 Å². The standard InChI is InChI=1S/C21H27N3O7.C13H24N2O5.C8H5NO3/c1-20(2,3)29-18(27)22-11-13(12-23(22)19(28)30-21(4,5)6)31-24-16(25)14-9-7-8-10-15(14)17(24)26;1-12(2,3)19-10(17)14-7-9(16)8-15(14)11(18)20-13(4,5)6;10-7-5-3-1-2-4-6(5)8(11)9(7)12/h7-10,13H,11-12H2,1-6H3;9,16H,7-8H2,1-6H3;1-4,12H. The molecule has 4 aliphatic rings. The Labute approximate surface area is 364 Å². The van der Waals surface area contributed by atoms with E-state index in [1.165, 1.54) is 24.3 Å². The van der Waals surface area contributed by atoms with Gasteiger partial charge < -0.3 is 24.1 Å². The molecule has 0 spiro atoms. The van der Waals surface area contributed by atoms with E-state index in [2.05, 4.69) is 0 Å². The predicted molar refractivity (Wildman–Crippen MR) is 218 cm³/mol. The zero-order valence-electron chi connectivity index (χ0n) is 37.5. The number of hydrogen-bond acceptors (Lipinski definition) is 15. The number of β-amino-alcohol motifs (C(OH)–C–C–N with tert-alkyl or cyclic N) is 1. The summed E-state index contributed by atoms with van der Waals surface area (Å²) in [6.45, 7) is 20.4. The third-order valence-corrected chi connectivity index (χ3v) is 8.30. The summed E-state index contributed by atoms with van der Waals surface area (Å²) in [6.07, 6.45) is -4.56. The average Bonchev–Trinajstić information content (AvgIpc) is 3.88. The van der Waals surface area contributed by atoms with Crippen molar-refractivity contribution in [1.82, 2.24) is 30.2 Å². The van der Waals surface area contributed by atoms with Gasteiger partial charge in [0.05, 0.1) is 54.5 Å². The summed E-state index contributed by atoms with van der Waals surface area (Å²) in [5, 5.41) is 23.6. The summed E-state index contributed by atoms with van der Waals surface area (Å²) in [7, 11) is 0. The van der Waals surface area contributed by atoms with Crippen molar-refractivity contribution in [3.63, 3.8) is 0 Å². The molecule has 2 saturated heterocycles. The third-order valence-electron chi connectivity index (χ3n) is 8.30. The van der Waals surface area contributed by atoms with Crippen LogP contribution in [-0.2, 0) is 23.8 Å². The Bertz CT molecular complexity index is 1970. The van der Waals surface area contributed by atoms with Crippen LogP contribution >= 0.6 is 0 Å². The van der Waals surface area contributed by atoms with Crippen molar-refractivity contribution in [2.45, 2.75) is 118 Å². The van der Waals surface area contributed by atoms with Crippen molar-refractivity contribution in [3.8, 4) is 0 Å². The summed E-state index contributed by atoms with van der Waals surface area (Å²) in [6, 6.07) is 12.7. The second-order valence-corrected chi connectivity index (χ2v) is 18.5. The summed E-state index contributed by atoms with van der Waals surface area (Å²) in [5.41, 5.74) is -1.96. The largest absolute Gasteiger partial charge is 0.442 e. The molecule has 21 nitrogen and oxygen atoms in total. The van der Waals surface area contributed by atoms with Gasteiger partial charge in [0.25, 0.3) is 23.6 Å². The molecule has 0 radical (unpaired) electrons. The second-order valence-electron chi connectivity index (χ2n) is 18.5. The summed E-state index contributed by atoms with van der Waals surface area (Å²) >= 11 is 0. The van der Waals surface area contributed by atoms with Crippen LogP contribution in [0.1, 0.15) is 125 Å². The zero-order valence-corrected chi connectivity index (χ0v) is 37.5. The lowest BCUT2D eigenvalue weighted by atomic mass is 10.1. The van der Waals surface area contributed by atoms with Gasteiger partial charge in [0.2, 0.25) is 0 Å². The highest BCUT2D eigenvalue weighted by Gasteiger charge is 2.46. The average molecular weight is 885 g/mol. The number of imide groups is 2.